The van der Waals surface area contributed by atoms with Crippen molar-refractivity contribution in [2.45, 2.75) is 31.1 Å². The molecule has 4 heteroatoms. The monoisotopic (exact) mass is 251 g/mol. The molecule has 0 spiro atoms. The molecule has 3 nitrogen and oxygen atoms in total. The lowest BCUT2D eigenvalue weighted by molar-refractivity contribution is -0.135. The van der Waals surface area contributed by atoms with Crippen LogP contribution >= 0.6 is 11.6 Å². The van der Waals surface area contributed by atoms with E-state index < -0.39 is 4.87 Å². The SMILES string of the molecule is Cc1ccc(CC2(Cl)CCC(=O)NC2=O)cc1. The summed E-state index contributed by atoms with van der Waals surface area (Å²) < 4.78 is 0. The van der Waals surface area contributed by atoms with Crippen LogP contribution in [0.25, 0.3) is 0 Å². The fourth-order valence-corrected chi connectivity index (χ4v) is 2.22. The minimum atomic E-state index is -0.983. The van der Waals surface area contributed by atoms with Gasteiger partial charge in [0.2, 0.25) is 11.8 Å². The molecule has 1 aliphatic heterocycles. The van der Waals surface area contributed by atoms with E-state index in [4.69, 9.17) is 11.6 Å². The van der Waals surface area contributed by atoms with Crippen molar-refractivity contribution in [3.05, 3.63) is 35.4 Å². The van der Waals surface area contributed by atoms with Crippen LogP contribution in [-0.4, -0.2) is 16.7 Å². The summed E-state index contributed by atoms with van der Waals surface area (Å²) in [5.41, 5.74) is 2.18. The van der Waals surface area contributed by atoms with Gasteiger partial charge in [0.15, 0.2) is 0 Å². The van der Waals surface area contributed by atoms with Crippen molar-refractivity contribution < 1.29 is 9.59 Å². The van der Waals surface area contributed by atoms with Gasteiger partial charge in [-0.2, -0.15) is 0 Å². The Balaban J connectivity index is 2.14. The van der Waals surface area contributed by atoms with Crippen molar-refractivity contribution in [2.24, 2.45) is 0 Å². The number of carbonyl (C=O) groups excluding carboxylic acids is 2. The fourth-order valence-electron chi connectivity index (χ4n) is 1.92. The van der Waals surface area contributed by atoms with Crippen LogP contribution in [0.1, 0.15) is 24.0 Å². The number of imide groups is 1. The van der Waals surface area contributed by atoms with Crippen LogP contribution in [0.2, 0.25) is 0 Å². The molecular weight excluding hydrogens is 238 g/mol. The van der Waals surface area contributed by atoms with Gasteiger partial charge in [0.1, 0.15) is 4.87 Å². The summed E-state index contributed by atoms with van der Waals surface area (Å²) in [6.45, 7) is 2.01. The Morgan fingerprint density at radius 1 is 1.29 bits per heavy atom. The van der Waals surface area contributed by atoms with E-state index in [2.05, 4.69) is 5.32 Å². The Bertz CT molecular complexity index is 455. The average Bonchev–Trinajstić information content (AvgIpc) is 2.28. The van der Waals surface area contributed by atoms with Crippen molar-refractivity contribution >= 4 is 23.4 Å². The Kier molecular flexibility index (Phi) is 3.20. The van der Waals surface area contributed by atoms with E-state index >= 15 is 0 Å². The number of hydrogen-bond donors (Lipinski definition) is 1. The number of rotatable bonds is 2. The molecule has 1 fully saturated rings. The molecule has 1 atom stereocenters. The van der Waals surface area contributed by atoms with Crippen molar-refractivity contribution in [1.82, 2.24) is 5.32 Å². The second-order valence-electron chi connectivity index (χ2n) is 4.50. The minimum absolute atomic E-state index is 0.241. The lowest BCUT2D eigenvalue weighted by Crippen LogP contribution is -2.51. The van der Waals surface area contributed by atoms with Crippen molar-refractivity contribution in [3.63, 3.8) is 0 Å². The van der Waals surface area contributed by atoms with Gasteiger partial charge < -0.3 is 0 Å². The Morgan fingerprint density at radius 3 is 2.53 bits per heavy atom. The third-order valence-electron chi connectivity index (χ3n) is 3.01. The quantitative estimate of drug-likeness (QED) is 0.645. The van der Waals surface area contributed by atoms with Crippen LogP contribution in [0.3, 0.4) is 0 Å². The fraction of sp³-hybridized carbons (Fsp3) is 0.385. The van der Waals surface area contributed by atoms with Gasteiger partial charge in [-0.15, -0.1) is 11.6 Å². The van der Waals surface area contributed by atoms with Crippen molar-refractivity contribution in [3.8, 4) is 0 Å². The Labute approximate surface area is 105 Å². The van der Waals surface area contributed by atoms with Crippen LogP contribution in [0.5, 0.6) is 0 Å². The second kappa shape index (κ2) is 4.49. The number of alkyl halides is 1. The summed E-state index contributed by atoms with van der Waals surface area (Å²) in [6.07, 6.45) is 1.15. The molecular formula is C13H14ClNO2. The molecule has 1 aromatic carbocycles. The maximum Gasteiger partial charge on any atom is 0.248 e. The number of aryl methyl sites for hydroxylation is 1. The van der Waals surface area contributed by atoms with Gasteiger partial charge in [-0.25, -0.2) is 0 Å². The summed E-state index contributed by atoms with van der Waals surface area (Å²) in [4.78, 5) is 21.8. The molecule has 0 aliphatic carbocycles. The first-order chi connectivity index (χ1) is 7.99. The Morgan fingerprint density at radius 2 is 1.94 bits per heavy atom. The molecule has 2 amide bonds. The molecule has 2 rings (SSSR count). The highest BCUT2D eigenvalue weighted by atomic mass is 35.5. The minimum Gasteiger partial charge on any atom is -0.295 e. The summed E-state index contributed by atoms with van der Waals surface area (Å²) in [7, 11) is 0. The number of benzene rings is 1. The van der Waals surface area contributed by atoms with Gasteiger partial charge in [0.05, 0.1) is 0 Å². The van der Waals surface area contributed by atoms with E-state index in [9.17, 15) is 9.59 Å². The number of hydrogen-bond acceptors (Lipinski definition) is 2. The average molecular weight is 252 g/mol. The molecule has 0 saturated carbocycles. The van der Waals surface area contributed by atoms with E-state index in [1.165, 1.54) is 5.56 Å². The van der Waals surface area contributed by atoms with Gasteiger partial charge in [-0.3, -0.25) is 14.9 Å². The van der Waals surface area contributed by atoms with Gasteiger partial charge in [-0.05, 0) is 18.9 Å². The largest absolute Gasteiger partial charge is 0.295 e. The second-order valence-corrected chi connectivity index (χ2v) is 5.23. The maximum atomic E-state index is 11.7. The first-order valence-electron chi connectivity index (χ1n) is 5.58. The molecule has 0 radical (unpaired) electrons. The van der Waals surface area contributed by atoms with E-state index in [-0.39, 0.29) is 11.8 Å². The molecule has 1 saturated heterocycles. The van der Waals surface area contributed by atoms with Crippen LogP contribution < -0.4 is 5.32 Å². The third kappa shape index (κ3) is 2.67. The molecule has 0 aromatic heterocycles. The molecule has 1 aliphatic rings. The van der Waals surface area contributed by atoms with Crippen molar-refractivity contribution in [1.29, 1.82) is 0 Å². The third-order valence-corrected chi connectivity index (χ3v) is 3.51. The van der Waals surface area contributed by atoms with Gasteiger partial charge in [0.25, 0.3) is 0 Å². The molecule has 1 N–H and O–H groups in total. The zero-order chi connectivity index (χ0) is 12.5. The van der Waals surface area contributed by atoms with Gasteiger partial charge >= 0.3 is 0 Å². The number of amides is 2. The summed E-state index contributed by atoms with van der Waals surface area (Å²) in [5.74, 6) is -0.619. The van der Waals surface area contributed by atoms with Gasteiger partial charge in [-0.1, -0.05) is 29.8 Å². The number of piperidine rings is 1. The molecule has 1 aromatic rings. The molecule has 1 heterocycles. The summed E-state index contributed by atoms with van der Waals surface area (Å²) >= 11 is 6.30. The van der Waals surface area contributed by atoms with Crippen LogP contribution in [0, 0.1) is 6.92 Å². The lowest BCUT2D eigenvalue weighted by atomic mass is 9.90. The predicted octanol–water partition coefficient (Wildman–Crippen LogP) is 1.95. The van der Waals surface area contributed by atoms with Gasteiger partial charge in [0, 0.05) is 12.8 Å². The van der Waals surface area contributed by atoms with E-state index in [0.717, 1.165) is 5.56 Å². The highest BCUT2D eigenvalue weighted by Gasteiger charge is 2.40. The zero-order valence-corrected chi connectivity index (χ0v) is 10.4. The number of halogens is 1. The van der Waals surface area contributed by atoms with E-state index in [0.29, 0.717) is 19.3 Å². The van der Waals surface area contributed by atoms with Crippen LogP contribution in [-0.2, 0) is 16.0 Å². The molecule has 90 valence electrons. The molecule has 17 heavy (non-hydrogen) atoms. The zero-order valence-electron chi connectivity index (χ0n) is 9.63. The maximum absolute atomic E-state index is 11.7. The highest BCUT2D eigenvalue weighted by molar-refractivity contribution is 6.36. The summed E-state index contributed by atoms with van der Waals surface area (Å²) in [5, 5.41) is 2.29. The van der Waals surface area contributed by atoms with Crippen LogP contribution in [0.4, 0.5) is 0 Å². The summed E-state index contributed by atoms with van der Waals surface area (Å²) in [6, 6.07) is 7.90. The topological polar surface area (TPSA) is 46.2 Å². The van der Waals surface area contributed by atoms with E-state index in [1.54, 1.807) is 0 Å². The Hall–Kier alpha value is -1.35. The standard InChI is InChI=1S/C13H14ClNO2/c1-9-2-4-10(5-3-9)8-13(14)7-6-11(16)15-12(13)17/h2-5H,6-8H2,1H3,(H,15,16,17). The van der Waals surface area contributed by atoms with Crippen molar-refractivity contribution in [2.75, 3.05) is 0 Å². The highest BCUT2D eigenvalue weighted by Crippen LogP contribution is 2.29. The first kappa shape index (κ1) is 12.1. The van der Waals surface area contributed by atoms with E-state index in [1.807, 2.05) is 31.2 Å². The molecule has 1 unspecified atom stereocenters. The first-order valence-corrected chi connectivity index (χ1v) is 5.96. The number of nitrogens with one attached hydrogen (secondary N) is 1. The predicted molar refractivity (Wildman–Crippen MR) is 65.9 cm³/mol. The smallest absolute Gasteiger partial charge is 0.248 e. The normalized spacial score (nSPS) is 24.6. The lowest BCUT2D eigenvalue weighted by Gasteiger charge is -2.29. The molecule has 0 bridgehead atoms. The number of carbonyl (C=O) groups is 2. The van der Waals surface area contributed by atoms with Crippen LogP contribution in [0.15, 0.2) is 24.3 Å².